The maximum atomic E-state index is 15.5. The molecule has 5 heterocycles. The third-order valence-corrected chi connectivity index (χ3v) is 10.8. The summed E-state index contributed by atoms with van der Waals surface area (Å²) in [6.07, 6.45) is 7.83. The first-order valence-electron chi connectivity index (χ1n) is 18.9. The summed E-state index contributed by atoms with van der Waals surface area (Å²) in [6, 6.07) is 14.0. The van der Waals surface area contributed by atoms with Crippen molar-refractivity contribution in [3.8, 4) is 22.6 Å². The van der Waals surface area contributed by atoms with E-state index in [2.05, 4.69) is 22.1 Å². The minimum absolute atomic E-state index is 0.0389. The number of piperidine rings is 2. The van der Waals surface area contributed by atoms with Gasteiger partial charge < -0.3 is 18.9 Å². The molecule has 13 heteroatoms. The highest BCUT2D eigenvalue weighted by Gasteiger charge is 2.34. The van der Waals surface area contributed by atoms with Crippen molar-refractivity contribution in [2.24, 2.45) is 5.92 Å². The largest absolute Gasteiger partial charge is 0.495 e. The summed E-state index contributed by atoms with van der Waals surface area (Å²) in [4.78, 5) is 60.4. The van der Waals surface area contributed by atoms with Gasteiger partial charge in [0.25, 0.3) is 11.5 Å². The van der Waals surface area contributed by atoms with E-state index in [4.69, 9.17) is 9.47 Å². The summed E-state index contributed by atoms with van der Waals surface area (Å²) in [5.41, 5.74) is 2.75. The number of alkyl halides is 1. The zero-order valence-corrected chi connectivity index (χ0v) is 30.8. The number of amides is 4. The number of halogens is 1. The Labute approximate surface area is 313 Å². The Kier molecular flexibility index (Phi) is 11.2. The fraction of sp³-hybridized carbons (Fsp3) is 0.439. The smallest absolute Gasteiger partial charge is 0.328 e. The van der Waals surface area contributed by atoms with E-state index in [0.29, 0.717) is 66.7 Å². The molecule has 2 aromatic heterocycles. The van der Waals surface area contributed by atoms with Crippen LogP contribution in [0.3, 0.4) is 0 Å². The molecular weight excluding hydrogens is 691 g/mol. The van der Waals surface area contributed by atoms with Gasteiger partial charge in [0.1, 0.15) is 23.8 Å². The van der Waals surface area contributed by atoms with E-state index in [1.807, 2.05) is 41.4 Å². The third-order valence-electron chi connectivity index (χ3n) is 10.8. The fourth-order valence-corrected chi connectivity index (χ4v) is 7.79. The number of imide groups is 1. The van der Waals surface area contributed by atoms with Gasteiger partial charge in [-0.2, -0.15) is 0 Å². The number of methoxy groups -OCH3 is 1. The molecule has 3 aliphatic heterocycles. The summed E-state index contributed by atoms with van der Waals surface area (Å²) in [5.74, 6) is 0.942. The Hall–Kier alpha value is -5.30. The van der Waals surface area contributed by atoms with Gasteiger partial charge in [-0.1, -0.05) is 25.5 Å². The minimum atomic E-state index is -1.14. The van der Waals surface area contributed by atoms with Crippen molar-refractivity contribution < 1.29 is 28.2 Å². The van der Waals surface area contributed by atoms with Gasteiger partial charge in [-0.15, -0.1) is 0 Å². The van der Waals surface area contributed by atoms with Gasteiger partial charge in [-0.25, -0.2) is 9.18 Å². The van der Waals surface area contributed by atoms with Crippen molar-refractivity contribution in [2.75, 3.05) is 51.3 Å². The van der Waals surface area contributed by atoms with Crippen LogP contribution in [0.1, 0.15) is 55.8 Å². The maximum absolute atomic E-state index is 15.5. The van der Waals surface area contributed by atoms with Crippen molar-refractivity contribution in [1.82, 2.24) is 24.7 Å². The second-order valence-corrected chi connectivity index (χ2v) is 14.4. The lowest BCUT2D eigenvalue weighted by molar-refractivity contribution is -0.120. The van der Waals surface area contributed by atoms with Crippen LogP contribution < -0.4 is 25.2 Å². The first-order chi connectivity index (χ1) is 26.2. The van der Waals surface area contributed by atoms with E-state index in [1.54, 1.807) is 35.2 Å². The van der Waals surface area contributed by atoms with Crippen LogP contribution in [0.15, 0.2) is 71.9 Å². The van der Waals surface area contributed by atoms with E-state index in [0.717, 1.165) is 55.3 Å². The summed E-state index contributed by atoms with van der Waals surface area (Å²) in [6.45, 7) is 5.92. The van der Waals surface area contributed by atoms with E-state index in [1.165, 1.54) is 12.0 Å². The van der Waals surface area contributed by atoms with Gasteiger partial charge in [-0.05, 0) is 78.9 Å². The molecule has 3 saturated heterocycles. The molecule has 0 aliphatic carbocycles. The predicted octanol–water partition coefficient (Wildman–Crippen LogP) is 5.66. The predicted molar refractivity (Wildman–Crippen MR) is 204 cm³/mol. The van der Waals surface area contributed by atoms with Crippen molar-refractivity contribution in [3.05, 3.63) is 83.0 Å². The van der Waals surface area contributed by atoms with Crippen molar-refractivity contribution in [2.45, 2.75) is 64.3 Å². The Morgan fingerprint density at radius 1 is 0.981 bits per heavy atom. The minimum Gasteiger partial charge on any atom is -0.495 e. The molecule has 0 unspecified atom stereocenters. The zero-order valence-electron chi connectivity index (χ0n) is 30.8. The number of nitrogens with zero attached hydrogens (tertiary/aromatic N) is 5. The number of aryl methyl sites for hydroxylation is 1. The highest BCUT2D eigenvalue weighted by atomic mass is 19.1. The number of nitrogens with one attached hydrogen (secondary N) is 1. The number of likely N-dealkylation sites (tertiary alicyclic amines) is 2. The van der Waals surface area contributed by atoms with Crippen molar-refractivity contribution >= 4 is 34.3 Å². The van der Waals surface area contributed by atoms with E-state index in [-0.39, 0.29) is 30.3 Å². The van der Waals surface area contributed by atoms with Crippen LogP contribution in [0.25, 0.3) is 21.9 Å². The van der Waals surface area contributed by atoms with Gasteiger partial charge in [0.05, 0.1) is 18.2 Å². The molecule has 54 heavy (non-hydrogen) atoms. The van der Waals surface area contributed by atoms with Crippen LogP contribution in [-0.2, 0) is 11.3 Å². The highest BCUT2D eigenvalue weighted by molar-refractivity contribution is 6.07. The van der Waals surface area contributed by atoms with Crippen LogP contribution in [0.4, 0.5) is 14.9 Å². The molecule has 2 aromatic carbocycles. The number of urea groups is 1. The lowest BCUT2D eigenvalue weighted by Crippen LogP contribution is -2.50. The molecule has 7 rings (SSSR count). The summed E-state index contributed by atoms with van der Waals surface area (Å²) >= 11 is 0. The number of carbonyl (C=O) groups excluding carboxylic acids is 3. The fourth-order valence-electron chi connectivity index (χ4n) is 7.79. The van der Waals surface area contributed by atoms with Crippen LogP contribution in [-0.4, -0.2) is 95.9 Å². The number of carbonyl (C=O) groups is 3. The molecule has 2 atom stereocenters. The van der Waals surface area contributed by atoms with Gasteiger partial charge in [0.15, 0.2) is 0 Å². The van der Waals surface area contributed by atoms with Crippen LogP contribution in [0.2, 0.25) is 0 Å². The molecule has 0 saturated carbocycles. The quantitative estimate of drug-likeness (QED) is 0.209. The highest BCUT2D eigenvalue weighted by Crippen LogP contribution is 2.33. The topological polar surface area (TPSA) is 126 Å². The van der Waals surface area contributed by atoms with Gasteiger partial charge in [-0.3, -0.25) is 34.5 Å². The monoisotopic (exact) mass is 738 g/mol. The van der Waals surface area contributed by atoms with E-state index < -0.39 is 18.3 Å². The summed E-state index contributed by atoms with van der Waals surface area (Å²) in [5, 5.41) is 3.75. The second-order valence-electron chi connectivity index (χ2n) is 14.4. The summed E-state index contributed by atoms with van der Waals surface area (Å²) < 4.78 is 28.9. The standard InChI is InChI=1S/C41H47FN6O6/c1-3-4-17-47-25-33(31-11-16-43-23-32(31)40(47)51)28-5-8-30(9-6-28)54-36-14-18-45(26-34(36)42)24-27-12-19-46(20-13-27)39(50)29-7-10-37(53-2)35(22-29)48-21-15-38(49)44-41(48)52/h5-11,16,22-23,25,27,34,36H,3-4,12-15,17-21,24,26H2,1-2H3,(H,44,49,52)/t34-,36-/m0/s1. The molecule has 12 nitrogen and oxygen atoms in total. The average molecular weight is 739 g/mol. The SMILES string of the molecule is CCCCn1cc(-c2ccc(O[C@H]3CCN(CC4CCN(C(=O)c5ccc(OC)c(N6CCC(=O)NC6=O)c5)CC4)C[C@@H]3F)cc2)c2ccncc2c1=O. The molecular formula is C41H47FN6O6. The molecule has 0 radical (unpaired) electrons. The first-order valence-corrected chi connectivity index (χ1v) is 18.9. The second kappa shape index (κ2) is 16.4. The summed E-state index contributed by atoms with van der Waals surface area (Å²) in [7, 11) is 1.50. The number of rotatable bonds is 11. The molecule has 0 bridgehead atoms. The molecule has 0 spiro atoms. The van der Waals surface area contributed by atoms with Gasteiger partial charge in [0.2, 0.25) is 5.91 Å². The lowest BCUT2D eigenvalue weighted by Gasteiger charge is -2.39. The number of hydrogen-bond donors (Lipinski definition) is 1. The molecule has 3 aliphatic rings. The normalized spacial score (nSPS) is 19.9. The molecule has 4 aromatic rings. The number of benzene rings is 2. The lowest BCUT2D eigenvalue weighted by atomic mass is 9.94. The van der Waals surface area contributed by atoms with Gasteiger partial charge in [0, 0.05) is 82.0 Å². The number of unbranched alkanes of at least 4 members (excludes halogenated alkanes) is 1. The van der Waals surface area contributed by atoms with Crippen LogP contribution in [0.5, 0.6) is 11.5 Å². The first kappa shape index (κ1) is 37.0. The number of hydrogen-bond acceptors (Lipinski definition) is 8. The molecule has 4 amide bonds. The van der Waals surface area contributed by atoms with Crippen LogP contribution >= 0.6 is 0 Å². The number of fused-ring (bicyclic) bond motifs is 1. The number of aromatic nitrogens is 2. The average Bonchev–Trinajstić information content (AvgIpc) is 3.19. The number of anilines is 1. The van der Waals surface area contributed by atoms with Gasteiger partial charge >= 0.3 is 6.03 Å². The van der Waals surface area contributed by atoms with Crippen molar-refractivity contribution in [3.63, 3.8) is 0 Å². The maximum Gasteiger partial charge on any atom is 0.328 e. The molecule has 1 N–H and O–H groups in total. The molecule has 284 valence electrons. The van der Waals surface area contributed by atoms with E-state index >= 15 is 4.39 Å². The third kappa shape index (κ3) is 7.96. The van der Waals surface area contributed by atoms with Crippen LogP contribution in [0, 0.1) is 5.92 Å². The Morgan fingerprint density at radius 2 is 1.78 bits per heavy atom. The van der Waals surface area contributed by atoms with Crippen molar-refractivity contribution in [1.29, 1.82) is 0 Å². The Balaban J connectivity index is 0.912. The zero-order chi connectivity index (χ0) is 37.8. The Bertz CT molecular complexity index is 2060. The number of ether oxygens (including phenoxy) is 2. The Morgan fingerprint density at radius 3 is 2.50 bits per heavy atom. The number of pyridine rings is 2. The van der Waals surface area contributed by atoms with E-state index in [9.17, 15) is 19.2 Å². The molecule has 3 fully saturated rings.